The molecule has 1 N–H and O–H groups in total. The van der Waals surface area contributed by atoms with Crippen LogP contribution in [0.2, 0.25) is 0 Å². The number of carboxylic acids is 1. The highest BCUT2D eigenvalue weighted by molar-refractivity contribution is 7.93. The van der Waals surface area contributed by atoms with Crippen LogP contribution in [0.25, 0.3) is 10.8 Å². The zero-order chi connectivity index (χ0) is 30.5. The van der Waals surface area contributed by atoms with Crippen LogP contribution in [0.3, 0.4) is 0 Å². The molecule has 4 atom stereocenters. The predicted molar refractivity (Wildman–Crippen MR) is 159 cm³/mol. The minimum Gasteiger partial charge on any atom is -1.00 e. The number of sulfonamides is 1. The lowest BCUT2D eigenvalue weighted by Gasteiger charge is -2.55. The van der Waals surface area contributed by atoms with Crippen molar-refractivity contribution in [1.82, 2.24) is 4.90 Å². The molecular weight excluding hydrogens is 604 g/mol. The molecule has 4 fully saturated rings. The Morgan fingerprint density at radius 3 is 2.30 bits per heavy atom. The normalized spacial score (nSPS) is 32.1. The highest BCUT2D eigenvalue weighted by Gasteiger charge is 2.59. The number of fused-ring (bicyclic) bond motifs is 4. The number of carbonyl (C=O) groups is 2. The molecule has 0 aromatic heterocycles. The van der Waals surface area contributed by atoms with Gasteiger partial charge < -0.3 is 41.3 Å². The Morgan fingerprint density at radius 2 is 1.70 bits per heavy atom. The fraction of sp³-hybridized carbons (Fsp3) is 0.562. The Morgan fingerprint density at radius 1 is 1.07 bits per heavy atom. The van der Waals surface area contributed by atoms with Crippen LogP contribution in [-0.4, -0.2) is 110 Å². The maximum absolute atomic E-state index is 14.0. The summed E-state index contributed by atoms with van der Waals surface area (Å²) in [6.45, 7) is 15.0. The number of halogens is 1. The minimum absolute atomic E-state index is 0. The lowest BCUT2D eigenvalue weighted by atomic mass is 9.78. The summed E-state index contributed by atoms with van der Waals surface area (Å²) in [5.74, 6) is -3.15. The largest absolute Gasteiger partial charge is 1.00 e. The number of anilines is 1. The summed E-state index contributed by atoms with van der Waals surface area (Å²) in [7, 11) is -3.96. The van der Waals surface area contributed by atoms with Crippen LogP contribution >= 0.6 is 0 Å². The van der Waals surface area contributed by atoms with Gasteiger partial charge in [-0.2, -0.15) is 0 Å². The van der Waals surface area contributed by atoms with Crippen LogP contribution in [-0.2, 0) is 26.0 Å². The standard InChI is InChI=1S/C32H41N4O6S.ClH/c1-4-11-35-13-16-36(17-14-35,18-15-35)12-10-22-8-9-26-28-23(22)6-5-7-25(28)33(43(26,41)42)19-24-20(2)29-27(21(3)37)31(38)34(29)30(24)32(39)40;/h5-9,20-21,27,29,37H,4,10-19H2,1-3H3;1H/q+1;/p-1/t20-,21+,27+,29+,35?,36?;/m0./s1. The molecule has 1 amide bonds. The molecule has 44 heavy (non-hydrogen) atoms. The molecule has 6 heterocycles. The monoisotopic (exact) mass is 644 g/mol. The van der Waals surface area contributed by atoms with Gasteiger partial charge in [0.25, 0.3) is 10.0 Å². The molecule has 12 heteroatoms. The maximum atomic E-state index is 14.0. The molecule has 4 saturated heterocycles. The summed E-state index contributed by atoms with van der Waals surface area (Å²) in [5, 5.41) is 24.1. The molecule has 0 spiro atoms. The summed E-state index contributed by atoms with van der Waals surface area (Å²) >= 11 is 0. The average molecular weight is 645 g/mol. The third-order valence-electron chi connectivity index (χ3n) is 11.4. The molecule has 0 aliphatic carbocycles. The van der Waals surface area contributed by atoms with Gasteiger partial charge in [-0.15, -0.1) is 0 Å². The zero-order valence-electron chi connectivity index (χ0n) is 25.5. The first-order valence-corrected chi connectivity index (χ1v) is 17.1. The molecule has 2 aromatic carbocycles. The third kappa shape index (κ3) is 4.34. The van der Waals surface area contributed by atoms with E-state index < -0.39 is 45.9 Å². The Hall–Kier alpha value is -2.70. The first kappa shape index (κ1) is 31.3. The van der Waals surface area contributed by atoms with Crippen LogP contribution in [0.15, 0.2) is 46.5 Å². The Bertz CT molecular complexity index is 1670. The van der Waals surface area contributed by atoms with E-state index in [1.165, 1.54) is 72.8 Å². The van der Waals surface area contributed by atoms with E-state index in [0.717, 1.165) is 28.4 Å². The number of nitrogens with zero attached hydrogens (tertiary/aromatic N) is 4. The minimum atomic E-state index is -3.96. The van der Waals surface area contributed by atoms with E-state index in [2.05, 4.69) is 6.92 Å². The van der Waals surface area contributed by atoms with Crippen LogP contribution in [0, 0.1) is 11.8 Å². The molecule has 0 radical (unpaired) electrons. The second kappa shape index (κ2) is 10.7. The summed E-state index contributed by atoms with van der Waals surface area (Å²) in [5.41, 5.74) is 1.73. The highest BCUT2D eigenvalue weighted by atomic mass is 35.5. The fourth-order valence-electron chi connectivity index (χ4n) is 8.92. The highest BCUT2D eigenvalue weighted by Crippen LogP contribution is 2.49. The molecule has 6 aliphatic heterocycles. The molecule has 6 aliphatic rings. The number of carboxylic acid groups (broad SMARTS) is 1. The van der Waals surface area contributed by atoms with Gasteiger partial charge in [0.05, 0.1) is 59.9 Å². The van der Waals surface area contributed by atoms with Crippen molar-refractivity contribution in [3.05, 3.63) is 47.2 Å². The number of hydrogen-bond donors (Lipinski definition) is 1. The van der Waals surface area contributed by atoms with Crippen LogP contribution in [0.5, 0.6) is 0 Å². The number of piperazine rings is 3. The van der Waals surface area contributed by atoms with Gasteiger partial charge in [0.2, 0.25) is 5.91 Å². The second-order valence-electron chi connectivity index (χ2n) is 13.6. The number of β-lactam (4-membered cyclic amide) rings is 1. The van der Waals surface area contributed by atoms with Crippen molar-refractivity contribution in [2.45, 2.75) is 50.7 Å². The molecule has 2 aromatic rings. The number of aliphatic hydroxyl groups excluding tert-OH is 1. The SMILES string of the molecule is CCC[N+]12CC[N+](CCc3ccc4c5c(cccc35)N(CC3=C(C(=O)[O-])N5C(=O)[C@H]([C@@H](C)O)[C@H]5[C@H]3C)S4(=O)=O)(CC1)CC2.[Cl-]. The zero-order valence-corrected chi connectivity index (χ0v) is 27.1. The molecule has 238 valence electrons. The number of aliphatic carboxylic acids is 1. The molecular formula is C32H41ClN4O6S. The smallest absolute Gasteiger partial charge is 0.265 e. The number of amides is 1. The van der Waals surface area contributed by atoms with Gasteiger partial charge in [-0.05, 0) is 42.0 Å². The molecule has 2 bridgehead atoms. The lowest BCUT2D eigenvalue weighted by Crippen LogP contribution is -3.00. The topological polar surface area (TPSA) is 118 Å². The van der Waals surface area contributed by atoms with Crippen molar-refractivity contribution in [2.24, 2.45) is 11.8 Å². The van der Waals surface area contributed by atoms with E-state index >= 15 is 0 Å². The van der Waals surface area contributed by atoms with E-state index in [9.17, 15) is 28.2 Å². The van der Waals surface area contributed by atoms with E-state index in [1.54, 1.807) is 19.1 Å². The summed E-state index contributed by atoms with van der Waals surface area (Å²) < 4.78 is 31.6. The second-order valence-corrected chi connectivity index (χ2v) is 15.4. The Labute approximate surface area is 265 Å². The van der Waals surface area contributed by atoms with E-state index in [1.807, 2.05) is 18.2 Å². The Kier molecular flexibility index (Phi) is 7.60. The third-order valence-corrected chi connectivity index (χ3v) is 13.2. The first-order chi connectivity index (χ1) is 20.4. The summed E-state index contributed by atoms with van der Waals surface area (Å²) in [4.78, 5) is 26.5. The van der Waals surface area contributed by atoms with Gasteiger partial charge in [-0.25, -0.2) is 8.42 Å². The predicted octanol–water partition coefficient (Wildman–Crippen LogP) is -2.17. The van der Waals surface area contributed by atoms with Gasteiger partial charge in [0, 0.05) is 17.7 Å². The van der Waals surface area contributed by atoms with Crippen molar-refractivity contribution in [3.63, 3.8) is 0 Å². The van der Waals surface area contributed by atoms with Gasteiger partial charge in [-0.1, -0.05) is 32.0 Å². The maximum Gasteiger partial charge on any atom is 0.265 e. The number of benzene rings is 2. The van der Waals surface area contributed by atoms with Crippen molar-refractivity contribution < 1.29 is 49.6 Å². The molecule has 0 saturated carbocycles. The van der Waals surface area contributed by atoms with Crippen LogP contribution in [0.4, 0.5) is 5.69 Å². The van der Waals surface area contributed by atoms with E-state index in [4.69, 9.17) is 0 Å². The first-order valence-electron chi connectivity index (χ1n) is 15.7. The number of aliphatic hydroxyl groups is 1. The molecule has 10 nitrogen and oxygen atoms in total. The van der Waals surface area contributed by atoms with Gasteiger partial charge in [-0.3, -0.25) is 9.10 Å². The van der Waals surface area contributed by atoms with Crippen molar-refractivity contribution in [3.8, 4) is 0 Å². The summed E-state index contributed by atoms with van der Waals surface area (Å²) in [6, 6.07) is 8.77. The van der Waals surface area contributed by atoms with E-state index in [0.29, 0.717) is 16.6 Å². The van der Waals surface area contributed by atoms with Gasteiger partial charge >= 0.3 is 0 Å². The van der Waals surface area contributed by atoms with Crippen molar-refractivity contribution in [1.29, 1.82) is 0 Å². The lowest BCUT2D eigenvalue weighted by molar-refractivity contribution is -1.08. The van der Waals surface area contributed by atoms with Crippen LogP contribution in [0.1, 0.15) is 32.8 Å². The van der Waals surface area contributed by atoms with E-state index in [-0.39, 0.29) is 29.5 Å². The van der Waals surface area contributed by atoms with Gasteiger partial charge in [0.15, 0.2) is 0 Å². The quantitative estimate of drug-likeness (QED) is 0.245. The number of hydrogen-bond acceptors (Lipinski definition) is 6. The number of carbonyl (C=O) groups excluding carboxylic acids is 2. The average Bonchev–Trinajstić information content (AvgIpc) is 3.35. The Balaban J connectivity index is 0.00000343. The fourth-order valence-corrected chi connectivity index (χ4v) is 10.6. The van der Waals surface area contributed by atoms with Gasteiger partial charge in [0.1, 0.15) is 39.3 Å². The van der Waals surface area contributed by atoms with Crippen molar-refractivity contribution >= 4 is 38.4 Å². The number of rotatable bonds is 9. The van der Waals surface area contributed by atoms with Crippen LogP contribution < -0.4 is 21.8 Å². The summed E-state index contributed by atoms with van der Waals surface area (Å²) in [6.07, 6.45) is 1.15. The molecule has 0 unspecified atom stereocenters. The van der Waals surface area contributed by atoms with Crippen molar-refractivity contribution in [2.75, 3.05) is 63.2 Å². The molecule has 8 rings (SSSR count). The number of quaternary nitrogens is 2.